The van der Waals surface area contributed by atoms with Crippen molar-refractivity contribution in [3.8, 4) is 0 Å². The van der Waals surface area contributed by atoms with Gasteiger partial charge in [-0.25, -0.2) is 4.98 Å². The van der Waals surface area contributed by atoms with Crippen LogP contribution in [0.5, 0.6) is 0 Å². The molecule has 2 fully saturated rings. The van der Waals surface area contributed by atoms with Crippen molar-refractivity contribution in [2.24, 2.45) is 5.92 Å². The van der Waals surface area contributed by atoms with Crippen molar-refractivity contribution in [3.63, 3.8) is 0 Å². The Morgan fingerprint density at radius 2 is 2.06 bits per heavy atom. The maximum atomic E-state index is 13.7. The van der Waals surface area contributed by atoms with E-state index in [1.165, 1.54) is 22.2 Å². The van der Waals surface area contributed by atoms with E-state index in [2.05, 4.69) is 6.92 Å². The fraction of sp³-hybridized carbons (Fsp3) is 0.696. The van der Waals surface area contributed by atoms with Crippen molar-refractivity contribution >= 4 is 39.2 Å². The standard InChI is InChI=1S/C23H31N3O3S2/c1-14-7-8-17-18(11-14)31-21-20(17)22(28)26(16-5-3-4-6-16)23(24-21)30-13-19(27)25-9-10-29-15(2)12-25/h14-16H,3-13H2,1-2H3. The number of carbonyl (C=O) groups is 1. The molecule has 1 amide bonds. The highest BCUT2D eigenvalue weighted by molar-refractivity contribution is 7.99. The van der Waals surface area contributed by atoms with Gasteiger partial charge >= 0.3 is 0 Å². The van der Waals surface area contributed by atoms with E-state index in [1.54, 1.807) is 11.3 Å². The summed E-state index contributed by atoms with van der Waals surface area (Å²) in [7, 11) is 0. The molecule has 2 atom stereocenters. The zero-order valence-electron chi connectivity index (χ0n) is 18.4. The number of aromatic nitrogens is 2. The number of ether oxygens (including phenoxy) is 1. The van der Waals surface area contributed by atoms with Gasteiger partial charge in [0.05, 0.1) is 23.8 Å². The van der Waals surface area contributed by atoms with E-state index in [4.69, 9.17) is 9.72 Å². The first kappa shape index (κ1) is 21.5. The number of nitrogens with zero attached hydrogens (tertiary/aromatic N) is 3. The molecule has 0 aromatic carbocycles. The van der Waals surface area contributed by atoms with Crippen LogP contribution >= 0.6 is 23.1 Å². The van der Waals surface area contributed by atoms with Crippen molar-refractivity contribution in [1.29, 1.82) is 0 Å². The van der Waals surface area contributed by atoms with E-state index < -0.39 is 0 Å². The Hall–Kier alpha value is -1.38. The highest BCUT2D eigenvalue weighted by Crippen LogP contribution is 2.38. The minimum Gasteiger partial charge on any atom is -0.375 e. The molecule has 0 bridgehead atoms. The monoisotopic (exact) mass is 461 g/mol. The molecule has 2 aromatic rings. The van der Waals surface area contributed by atoms with Crippen LogP contribution in [-0.2, 0) is 22.4 Å². The van der Waals surface area contributed by atoms with Gasteiger partial charge < -0.3 is 9.64 Å². The quantitative estimate of drug-likeness (QED) is 0.508. The Balaban J connectivity index is 1.48. The van der Waals surface area contributed by atoms with Crippen LogP contribution in [0.25, 0.3) is 10.2 Å². The smallest absolute Gasteiger partial charge is 0.263 e. The normalized spacial score (nSPS) is 24.6. The molecule has 1 saturated carbocycles. The molecule has 2 aliphatic carbocycles. The molecule has 0 radical (unpaired) electrons. The first-order valence-corrected chi connectivity index (χ1v) is 13.4. The largest absolute Gasteiger partial charge is 0.375 e. The second-order valence-electron chi connectivity index (χ2n) is 9.35. The predicted octanol–water partition coefficient (Wildman–Crippen LogP) is 4.04. The summed E-state index contributed by atoms with van der Waals surface area (Å²) in [5, 5.41) is 1.59. The van der Waals surface area contributed by atoms with Crippen molar-refractivity contribution in [1.82, 2.24) is 14.5 Å². The van der Waals surface area contributed by atoms with Crippen molar-refractivity contribution in [3.05, 3.63) is 20.8 Å². The van der Waals surface area contributed by atoms with Crippen molar-refractivity contribution in [2.75, 3.05) is 25.4 Å². The number of thiophene rings is 1. The Kier molecular flexibility index (Phi) is 6.14. The first-order chi connectivity index (χ1) is 15.0. The van der Waals surface area contributed by atoms with Crippen LogP contribution in [0.3, 0.4) is 0 Å². The second-order valence-corrected chi connectivity index (χ2v) is 11.4. The molecule has 6 nitrogen and oxygen atoms in total. The number of hydrogen-bond donors (Lipinski definition) is 0. The minimum atomic E-state index is 0.0775. The van der Waals surface area contributed by atoms with E-state index in [9.17, 15) is 9.59 Å². The lowest BCUT2D eigenvalue weighted by Gasteiger charge is -2.31. The highest BCUT2D eigenvalue weighted by Gasteiger charge is 2.29. The van der Waals surface area contributed by atoms with Crippen LogP contribution < -0.4 is 5.56 Å². The lowest BCUT2D eigenvalue weighted by molar-refractivity contribution is -0.135. The van der Waals surface area contributed by atoms with Crippen LogP contribution in [0.4, 0.5) is 0 Å². The van der Waals surface area contributed by atoms with Crippen LogP contribution in [-0.4, -0.2) is 51.9 Å². The SMILES string of the molecule is CC1CCc2c(sc3nc(SCC(=O)N4CCOC(C)C4)n(C4CCCC4)c(=O)c23)C1. The second kappa shape index (κ2) is 8.87. The Labute approximate surface area is 191 Å². The number of carbonyl (C=O) groups excluding carboxylic acids is 1. The summed E-state index contributed by atoms with van der Waals surface area (Å²) in [6, 6.07) is 0.212. The third-order valence-electron chi connectivity index (χ3n) is 6.94. The summed E-state index contributed by atoms with van der Waals surface area (Å²) in [5.41, 5.74) is 1.37. The maximum Gasteiger partial charge on any atom is 0.263 e. The number of amides is 1. The lowest BCUT2D eigenvalue weighted by atomic mass is 9.89. The van der Waals surface area contributed by atoms with Gasteiger partial charge in [0.15, 0.2) is 5.16 Å². The number of rotatable bonds is 4. The summed E-state index contributed by atoms with van der Waals surface area (Å²) in [6.07, 6.45) is 7.62. The van der Waals surface area contributed by atoms with Gasteiger partial charge in [-0.2, -0.15) is 0 Å². The van der Waals surface area contributed by atoms with Gasteiger partial charge in [-0.05, 0) is 50.5 Å². The molecule has 5 rings (SSSR count). The van der Waals surface area contributed by atoms with Crippen LogP contribution in [0.2, 0.25) is 0 Å². The van der Waals surface area contributed by atoms with Gasteiger partial charge in [-0.3, -0.25) is 14.2 Å². The summed E-state index contributed by atoms with van der Waals surface area (Å²) in [5.74, 6) is 1.09. The Bertz CT molecular complexity index is 1040. The Morgan fingerprint density at radius 1 is 1.26 bits per heavy atom. The summed E-state index contributed by atoms with van der Waals surface area (Å²) in [4.78, 5) is 35.7. The molecule has 2 aromatic heterocycles. The molecule has 31 heavy (non-hydrogen) atoms. The molecule has 3 aliphatic rings. The predicted molar refractivity (Wildman–Crippen MR) is 125 cm³/mol. The van der Waals surface area contributed by atoms with Gasteiger partial charge in [0.2, 0.25) is 5.91 Å². The van der Waals surface area contributed by atoms with E-state index in [1.807, 2.05) is 16.4 Å². The average molecular weight is 462 g/mol. The fourth-order valence-corrected chi connectivity index (χ4v) is 7.63. The van der Waals surface area contributed by atoms with E-state index in [-0.39, 0.29) is 23.6 Å². The zero-order chi connectivity index (χ0) is 21.5. The van der Waals surface area contributed by atoms with Gasteiger partial charge in [0, 0.05) is 24.0 Å². The average Bonchev–Trinajstić information content (AvgIpc) is 3.39. The summed E-state index contributed by atoms with van der Waals surface area (Å²) < 4.78 is 7.51. The fourth-order valence-electron chi connectivity index (χ4n) is 5.23. The number of thioether (sulfide) groups is 1. The number of aryl methyl sites for hydroxylation is 1. The first-order valence-electron chi connectivity index (χ1n) is 11.6. The summed E-state index contributed by atoms with van der Waals surface area (Å²) in [6.45, 7) is 6.16. The molecule has 3 heterocycles. The molecule has 168 valence electrons. The van der Waals surface area contributed by atoms with Gasteiger partial charge in [0.25, 0.3) is 5.56 Å². The third-order valence-corrected chi connectivity index (χ3v) is 9.02. The minimum absolute atomic E-state index is 0.0775. The molecule has 8 heteroatoms. The van der Waals surface area contributed by atoms with E-state index >= 15 is 0 Å². The van der Waals surface area contributed by atoms with E-state index in [0.29, 0.717) is 31.4 Å². The number of fused-ring (bicyclic) bond motifs is 3. The number of hydrogen-bond acceptors (Lipinski definition) is 6. The molecule has 1 saturated heterocycles. The molecule has 2 unspecified atom stereocenters. The highest BCUT2D eigenvalue weighted by atomic mass is 32.2. The Morgan fingerprint density at radius 3 is 2.84 bits per heavy atom. The maximum absolute atomic E-state index is 13.7. The van der Waals surface area contributed by atoms with Crippen molar-refractivity contribution in [2.45, 2.75) is 76.1 Å². The molecule has 0 N–H and O–H groups in total. The summed E-state index contributed by atoms with van der Waals surface area (Å²) >= 11 is 3.13. The van der Waals surface area contributed by atoms with E-state index in [0.717, 1.165) is 60.3 Å². The molecule has 0 spiro atoms. The molecule has 1 aliphatic heterocycles. The van der Waals surface area contributed by atoms with Gasteiger partial charge in [0.1, 0.15) is 4.83 Å². The van der Waals surface area contributed by atoms with Crippen molar-refractivity contribution < 1.29 is 9.53 Å². The van der Waals surface area contributed by atoms with Gasteiger partial charge in [-0.15, -0.1) is 11.3 Å². The topological polar surface area (TPSA) is 64.4 Å². The number of morpholine rings is 1. The third kappa shape index (κ3) is 4.18. The zero-order valence-corrected chi connectivity index (χ0v) is 20.0. The van der Waals surface area contributed by atoms with Crippen LogP contribution in [0.15, 0.2) is 9.95 Å². The molecular formula is C23H31N3O3S2. The van der Waals surface area contributed by atoms with Crippen LogP contribution in [0, 0.1) is 5.92 Å². The van der Waals surface area contributed by atoms with Crippen LogP contribution in [0.1, 0.15) is 62.4 Å². The molecular weight excluding hydrogens is 430 g/mol. The lowest BCUT2D eigenvalue weighted by Crippen LogP contribution is -2.45. The van der Waals surface area contributed by atoms with Gasteiger partial charge in [-0.1, -0.05) is 31.5 Å².